The molecule has 3 aliphatic rings. The lowest BCUT2D eigenvalue weighted by atomic mass is 10.2. The van der Waals surface area contributed by atoms with Gasteiger partial charge in [0.25, 0.3) is 0 Å². The Kier molecular flexibility index (Phi) is 9.76. The van der Waals surface area contributed by atoms with Gasteiger partial charge in [0, 0.05) is 72.0 Å². The molecule has 3 heterocycles. The Morgan fingerprint density at radius 2 is 1.51 bits per heavy atom. The van der Waals surface area contributed by atoms with E-state index >= 15 is 0 Å². The van der Waals surface area contributed by atoms with Crippen LogP contribution in [0, 0.1) is 0 Å². The number of rotatable bonds is 11. The largest absolute Gasteiger partial charge is 0.468 e. The van der Waals surface area contributed by atoms with Crippen LogP contribution in [0.2, 0.25) is 0 Å². The van der Waals surface area contributed by atoms with Gasteiger partial charge in [-0.15, -0.1) is 0 Å². The summed E-state index contributed by atoms with van der Waals surface area (Å²) in [5.74, 6) is -0.191. The molecule has 0 aliphatic carbocycles. The van der Waals surface area contributed by atoms with Gasteiger partial charge in [0.15, 0.2) is 0 Å². The van der Waals surface area contributed by atoms with Crippen LogP contribution in [-0.4, -0.2) is 135 Å². The number of carbonyl (C=O) groups is 2. The van der Waals surface area contributed by atoms with E-state index in [2.05, 4.69) is 49.9 Å². The van der Waals surface area contributed by atoms with Gasteiger partial charge in [-0.05, 0) is 24.9 Å². The van der Waals surface area contributed by atoms with Crippen LogP contribution in [0.1, 0.15) is 18.4 Å². The molecule has 35 heavy (non-hydrogen) atoms. The van der Waals surface area contributed by atoms with Crippen molar-refractivity contribution in [2.24, 2.45) is 0 Å². The first-order valence-corrected chi connectivity index (χ1v) is 13.0. The Balaban J connectivity index is 1.06. The average molecular weight is 488 g/mol. The number of cyclic esters (lactones) is 1. The van der Waals surface area contributed by atoms with E-state index < -0.39 is 0 Å². The van der Waals surface area contributed by atoms with E-state index in [0.717, 1.165) is 91.4 Å². The van der Waals surface area contributed by atoms with Crippen LogP contribution in [0.3, 0.4) is 0 Å². The summed E-state index contributed by atoms with van der Waals surface area (Å²) < 4.78 is 10.4. The van der Waals surface area contributed by atoms with E-state index in [1.165, 1.54) is 12.7 Å². The SMILES string of the molecule is COC(=O)CN1CCN(CC2CN(CCCCN3CCN(Cc4ccccc4)CC3)C(=O)O2)CC1. The molecule has 1 aromatic rings. The van der Waals surface area contributed by atoms with Gasteiger partial charge in [-0.25, -0.2) is 4.79 Å². The number of esters is 1. The molecule has 0 spiro atoms. The molecule has 1 aromatic carbocycles. The molecule has 0 radical (unpaired) electrons. The van der Waals surface area contributed by atoms with E-state index in [-0.39, 0.29) is 18.2 Å². The number of benzene rings is 1. The highest BCUT2D eigenvalue weighted by atomic mass is 16.6. The first kappa shape index (κ1) is 25.9. The number of unbranched alkanes of at least 4 members (excludes halogenated alkanes) is 1. The van der Waals surface area contributed by atoms with Crippen molar-refractivity contribution in [2.45, 2.75) is 25.5 Å². The van der Waals surface area contributed by atoms with Crippen molar-refractivity contribution in [3.05, 3.63) is 35.9 Å². The number of piperazine rings is 2. The second-order valence-electron chi connectivity index (χ2n) is 9.92. The van der Waals surface area contributed by atoms with Crippen LogP contribution in [0.25, 0.3) is 0 Å². The zero-order valence-electron chi connectivity index (χ0n) is 21.1. The molecule has 0 saturated carbocycles. The summed E-state index contributed by atoms with van der Waals surface area (Å²) in [6, 6.07) is 10.7. The number of ether oxygens (including phenoxy) is 2. The van der Waals surface area contributed by atoms with Crippen molar-refractivity contribution >= 4 is 12.1 Å². The number of hydrogen-bond donors (Lipinski definition) is 0. The lowest BCUT2D eigenvalue weighted by Gasteiger charge is -2.34. The summed E-state index contributed by atoms with van der Waals surface area (Å²) in [5.41, 5.74) is 1.39. The molecule has 3 fully saturated rings. The smallest absolute Gasteiger partial charge is 0.410 e. The molecule has 1 atom stereocenters. The van der Waals surface area contributed by atoms with Gasteiger partial charge in [0.05, 0.1) is 20.2 Å². The third kappa shape index (κ3) is 8.17. The van der Waals surface area contributed by atoms with Crippen molar-refractivity contribution in [2.75, 3.05) is 92.2 Å². The molecule has 9 heteroatoms. The molecule has 1 unspecified atom stereocenters. The summed E-state index contributed by atoms with van der Waals surface area (Å²) in [7, 11) is 1.42. The Labute approximate surface area is 209 Å². The van der Waals surface area contributed by atoms with E-state index in [1.807, 2.05) is 4.90 Å². The van der Waals surface area contributed by atoms with Crippen LogP contribution in [0.15, 0.2) is 30.3 Å². The molecule has 0 N–H and O–H groups in total. The molecule has 3 aliphatic heterocycles. The van der Waals surface area contributed by atoms with Crippen LogP contribution in [0.5, 0.6) is 0 Å². The van der Waals surface area contributed by atoms with E-state index in [1.54, 1.807) is 0 Å². The summed E-state index contributed by atoms with van der Waals surface area (Å²) >= 11 is 0. The second kappa shape index (κ2) is 13.2. The minimum Gasteiger partial charge on any atom is -0.468 e. The summed E-state index contributed by atoms with van der Waals surface area (Å²) in [4.78, 5) is 35.2. The number of amides is 1. The third-order valence-corrected chi connectivity index (χ3v) is 7.32. The van der Waals surface area contributed by atoms with Crippen molar-refractivity contribution < 1.29 is 19.1 Å². The van der Waals surface area contributed by atoms with Crippen LogP contribution < -0.4 is 0 Å². The molecule has 4 rings (SSSR count). The molecule has 194 valence electrons. The monoisotopic (exact) mass is 487 g/mol. The lowest BCUT2D eigenvalue weighted by Crippen LogP contribution is -2.50. The maximum absolute atomic E-state index is 12.3. The normalized spacial score (nSPS) is 22.9. The zero-order valence-corrected chi connectivity index (χ0v) is 21.1. The molecule has 0 bridgehead atoms. The fourth-order valence-corrected chi connectivity index (χ4v) is 5.17. The average Bonchev–Trinajstić information content (AvgIpc) is 3.23. The second-order valence-corrected chi connectivity index (χ2v) is 9.92. The van der Waals surface area contributed by atoms with Gasteiger partial charge in [-0.1, -0.05) is 30.3 Å². The topological polar surface area (TPSA) is 68.8 Å². The molecule has 3 saturated heterocycles. The van der Waals surface area contributed by atoms with Crippen molar-refractivity contribution in [1.82, 2.24) is 24.5 Å². The van der Waals surface area contributed by atoms with Gasteiger partial charge in [-0.2, -0.15) is 0 Å². The predicted molar refractivity (Wildman–Crippen MR) is 134 cm³/mol. The standard InChI is InChI=1S/C26H41N5O4/c1-34-25(32)22-30-17-15-29(16-18-30)20-24-21-31(26(33)35-24)10-6-5-9-27-11-13-28(14-12-27)19-23-7-3-2-4-8-23/h2-4,7-8,24H,5-6,9-22H2,1H3. The van der Waals surface area contributed by atoms with E-state index in [9.17, 15) is 9.59 Å². The first-order chi connectivity index (χ1) is 17.1. The predicted octanol–water partition coefficient (Wildman–Crippen LogP) is 1.20. The minimum absolute atomic E-state index is 0.0626. The maximum atomic E-state index is 12.3. The Morgan fingerprint density at radius 3 is 2.23 bits per heavy atom. The lowest BCUT2D eigenvalue weighted by molar-refractivity contribution is -0.142. The maximum Gasteiger partial charge on any atom is 0.410 e. The highest BCUT2D eigenvalue weighted by Gasteiger charge is 2.33. The summed E-state index contributed by atoms with van der Waals surface area (Å²) in [6.07, 6.45) is 1.88. The van der Waals surface area contributed by atoms with Gasteiger partial charge in [0.2, 0.25) is 0 Å². The number of hydrogen-bond acceptors (Lipinski definition) is 8. The number of nitrogens with zero attached hydrogens (tertiary/aromatic N) is 5. The van der Waals surface area contributed by atoms with E-state index in [4.69, 9.17) is 9.47 Å². The van der Waals surface area contributed by atoms with E-state index in [0.29, 0.717) is 13.1 Å². The van der Waals surface area contributed by atoms with Gasteiger partial charge < -0.3 is 19.3 Å². The zero-order chi connectivity index (χ0) is 24.5. The molecular weight excluding hydrogens is 446 g/mol. The van der Waals surface area contributed by atoms with Crippen molar-refractivity contribution in [3.8, 4) is 0 Å². The fourth-order valence-electron chi connectivity index (χ4n) is 5.17. The first-order valence-electron chi connectivity index (χ1n) is 13.0. The van der Waals surface area contributed by atoms with Gasteiger partial charge in [0.1, 0.15) is 6.10 Å². The van der Waals surface area contributed by atoms with Crippen LogP contribution in [0.4, 0.5) is 4.79 Å². The highest BCUT2D eigenvalue weighted by Crippen LogP contribution is 2.15. The third-order valence-electron chi connectivity index (χ3n) is 7.32. The fraction of sp³-hybridized carbons (Fsp3) is 0.692. The number of methoxy groups -OCH3 is 1. The Bertz CT molecular complexity index is 794. The summed E-state index contributed by atoms with van der Waals surface area (Å²) in [6.45, 7) is 12.6. The number of carbonyl (C=O) groups excluding carboxylic acids is 2. The van der Waals surface area contributed by atoms with Crippen LogP contribution in [-0.2, 0) is 20.8 Å². The van der Waals surface area contributed by atoms with Crippen LogP contribution >= 0.6 is 0 Å². The molecule has 9 nitrogen and oxygen atoms in total. The van der Waals surface area contributed by atoms with Crippen molar-refractivity contribution in [1.29, 1.82) is 0 Å². The molecular formula is C26H41N5O4. The molecule has 0 aromatic heterocycles. The Hall–Kier alpha value is -2.20. The summed E-state index contributed by atoms with van der Waals surface area (Å²) in [5, 5.41) is 0. The minimum atomic E-state index is -0.191. The Morgan fingerprint density at radius 1 is 0.886 bits per heavy atom. The van der Waals surface area contributed by atoms with Gasteiger partial charge in [-0.3, -0.25) is 19.5 Å². The molecule has 1 amide bonds. The van der Waals surface area contributed by atoms with Gasteiger partial charge >= 0.3 is 12.1 Å². The quantitative estimate of drug-likeness (QED) is 0.341. The van der Waals surface area contributed by atoms with Crippen molar-refractivity contribution in [3.63, 3.8) is 0 Å². The highest BCUT2D eigenvalue weighted by molar-refractivity contribution is 5.71.